The topological polar surface area (TPSA) is 71.5 Å². The first-order valence-electron chi connectivity index (χ1n) is 5.23. The molecule has 1 unspecified atom stereocenters. The molecule has 0 aromatic carbocycles. The zero-order chi connectivity index (χ0) is 13.6. The predicted molar refractivity (Wildman–Crippen MR) is 59.0 cm³/mol. The number of halogens is 2. The second-order valence-corrected chi connectivity index (χ2v) is 3.61. The summed E-state index contributed by atoms with van der Waals surface area (Å²) in [4.78, 5) is 14.8. The molecule has 1 rings (SSSR count). The molecule has 0 aliphatic heterocycles. The Bertz CT molecular complexity index is 387. The van der Waals surface area contributed by atoms with E-state index in [2.05, 4.69) is 9.72 Å². The highest BCUT2D eigenvalue weighted by molar-refractivity contribution is 5.84. The molecular formula is C11H14F2N2O3. The van der Waals surface area contributed by atoms with Gasteiger partial charge in [0.25, 0.3) is 5.91 Å². The smallest absolute Gasteiger partial charge is 0.366 e. The largest absolute Gasteiger partial charge is 0.389 e. The summed E-state index contributed by atoms with van der Waals surface area (Å²) in [6.45, 7) is -0.357. The molecule has 100 valence electrons. The van der Waals surface area contributed by atoms with Gasteiger partial charge in [0.1, 0.15) is 5.69 Å². The number of aliphatic hydroxyl groups excluding tert-OH is 1. The van der Waals surface area contributed by atoms with E-state index >= 15 is 0 Å². The van der Waals surface area contributed by atoms with Gasteiger partial charge in [-0.3, -0.25) is 9.78 Å². The fourth-order valence-corrected chi connectivity index (χ4v) is 1.24. The zero-order valence-electron chi connectivity index (χ0n) is 9.77. The molecule has 0 saturated carbocycles. The summed E-state index contributed by atoms with van der Waals surface area (Å²) in [6, 6.07) is 3.90. The molecule has 2 N–H and O–H groups in total. The van der Waals surface area contributed by atoms with E-state index < -0.39 is 23.6 Å². The van der Waals surface area contributed by atoms with Crippen LogP contribution in [0.5, 0.6) is 0 Å². The molecule has 0 fully saturated rings. The summed E-state index contributed by atoms with van der Waals surface area (Å²) in [5, 5.41) is 11.2. The van der Waals surface area contributed by atoms with E-state index in [9.17, 15) is 18.7 Å². The van der Waals surface area contributed by atoms with Crippen LogP contribution in [0.25, 0.3) is 0 Å². The van der Waals surface area contributed by atoms with Crippen LogP contribution in [0, 0.1) is 0 Å². The molecule has 0 radical (unpaired) electrons. The third-order valence-corrected chi connectivity index (χ3v) is 2.13. The minimum atomic E-state index is -3.73. The molecule has 1 atom stereocenters. The molecule has 1 amide bonds. The van der Waals surface area contributed by atoms with E-state index in [1.165, 1.54) is 25.4 Å². The number of carbonyl (C=O) groups is 1. The summed E-state index contributed by atoms with van der Waals surface area (Å²) in [5.41, 5.74) is -0.635. The normalized spacial score (nSPS) is 13.1. The Morgan fingerprint density at radius 1 is 1.61 bits per heavy atom. The van der Waals surface area contributed by atoms with Gasteiger partial charge < -0.3 is 15.2 Å². The Hall–Kier alpha value is -1.60. The second-order valence-electron chi connectivity index (χ2n) is 3.61. The monoisotopic (exact) mass is 260 g/mol. The van der Waals surface area contributed by atoms with E-state index in [0.717, 1.165) is 6.07 Å². The Morgan fingerprint density at radius 2 is 2.33 bits per heavy atom. The maximum Gasteiger partial charge on any atom is 0.366 e. The van der Waals surface area contributed by atoms with Crippen molar-refractivity contribution in [1.29, 1.82) is 0 Å². The summed E-state index contributed by atoms with van der Waals surface area (Å²) < 4.78 is 31.8. The van der Waals surface area contributed by atoms with Gasteiger partial charge in [0.15, 0.2) is 0 Å². The lowest BCUT2D eigenvalue weighted by Gasteiger charge is -2.16. The fourth-order valence-electron chi connectivity index (χ4n) is 1.24. The summed E-state index contributed by atoms with van der Waals surface area (Å²) in [7, 11) is 1.35. The molecule has 1 aromatic rings. The molecule has 18 heavy (non-hydrogen) atoms. The molecule has 0 spiro atoms. The molecule has 0 aliphatic rings. The van der Waals surface area contributed by atoms with Crippen molar-refractivity contribution in [1.82, 2.24) is 10.3 Å². The van der Waals surface area contributed by atoms with E-state index in [1.807, 2.05) is 5.32 Å². The Kier molecular flexibility index (Phi) is 5.11. The number of alkyl halides is 2. The Morgan fingerprint density at radius 3 is 2.89 bits per heavy atom. The lowest BCUT2D eigenvalue weighted by atomic mass is 10.2. The second kappa shape index (κ2) is 6.36. The minimum absolute atomic E-state index is 0.0462. The Balaban J connectivity index is 2.60. The standard InChI is InChI=1S/C11H14F2N2O3/c1-18-7-8(16)6-15-10(17)11(12,13)9-4-2-3-5-14-9/h2-5,8,16H,6-7H2,1H3,(H,15,17). The molecule has 0 aliphatic carbocycles. The first-order chi connectivity index (χ1) is 8.48. The number of amides is 1. The summed E-state index contributed by atoms with van der Waals surface area (Å²) in [6.07, 6.45) is 0.148. The van der Waals surface area contributed by atoms with Crippen LogP contribution >= 0.6 is 0 Å². The first-order valence-corrected chi connectivity index (χ1v) is 5.23. The van der Waals surface area contributed by atoms with Gasteiger partial charge in [-0.1, -0.05) is 6.07 Å². The summed E-state index contributed by atoms with van der Waals surface area (Å²) >= 11 is 0. The van der Waals surface area contributed by atoms with Crippen LogP contribution in [0.3, 0.4) is 0 Å². The number of nitrogens with one attached hydrogen (secondary N) is 1. The highest BCUT2D eigenvalue weighted by atomic mass is 19.3. The first kappa shape index (κ1) is 14.5. The van der Waals surface area contributed by atoms with Gasteiger partial charge >= 0.3 is 5.92 Å². The van der Waals surface area contributed by atoms with Gasteiger partial charge in [0.2, 0.25) is 0 Å². The highest BCUT2D eigenvalue weighted by Gasteiger charge is 2.42. The molecular weight excluding hydrogens is 246 g/mol. The van der Waals surface area contributed by atoms with Crippen molar-refractivity contribution in [3.8, 4) is 0 Å². The number of hydrogen-bond acceptors (Lipinski definition) is 4. The van der Waals surface area contributed by atoms with Crippen molar-refractivity contribution < 1.29 is 23.4 Å². The van der Waals surface area contributed by atoms with Crippen molar-refractivity contribution in [2.75, 3.05) is 20.3 Å². The van der Waals surface area contributed by atoms with Gasteiger partial charge in [-0.2, -0.15) is 8.78 Å². The van der Waals surface area contributed by atoms with E-state index in [-0.39, 0.29) is 13.2 Å². The van der Waals surface area contributed by atoms with Gasteiger partial charge in [-0.25, -0.2) is 0 Å². The molecule has 5 nitrogen and oxygen atoms in total. The maximum atomic E-state index is 13.6. The van der Waals surface area contributed by atoms with E-state index in [1.54, 1.807) is 0 Å². The quantitative estimate of drug-likeness (QED) is 0.771. The molecule has 7 heteroatoms. The van der Waals surface area contributed by atoms with Crippen molar-refractivity contribution in [2.24, 2.45) is 0 Å². The van der Waals surface area contributed by atoms with E-state index in [0.29, 0.717) is 0 Å². The van der Waals surface area contributed by atoms with Crippen LogP contribution in [0.2, 0.25) is 0 Å². The average Bonchev–Trinajstić information content (AvgIpc) is 2.37. The van der Waals surface area contributed by atoms with Crippen LogP contribution in [0.1, 0.15) is 5.69 Å². The van der Waals surface area contributed by atoms with Crippen molar-refractivity contribution >= 4 is 5.91 Å². The highest BCUT2D eigenvalue weighted by Crippen LogP contribution is 2.25. The predicted octanol–water partition coefficient (Wildman–Crippen LogP) is 0.297. The average molecular weight is 260 g/mol. The van der Waals surface area contributed by atoms with Crippen molar-refractivity contribution in [3.05, 3.63) is 30.1 Å². The van der Waals surface area contributed by atoms with Gasteiger partial charge in [-0.05, 0) is 12.1 Å². The number of aliphatic hydroxyl groups is 1. The molecule has 0 bridgehead atoms. The number of methoxy groups -OCH3 is 1. The van der Waals surface area contributed by atoms with E-state index in [4.69, 9.17) is 0 Å². The van der Waals surface area contributed by atoms with Gasteiger partial charge in [0.05, 0.1) is 12.7 Å². The number of pyridine rings is 1. The SMILES string of the molecule is COCC(O)CNC(=O)C(F)(F)c1ccccn1. The van der Waals surface area contributed by atoms with Crippen LogP contribution in [-0.4, -0.2) is 42.4 Å². The molecule has 1 heterocycles. The fraction of sp³-hybridized carbons (Fsp3) is 0.455. The number of hydrogen-bond donors (Lipinski definition) is 2. The van der Waals surface area contributed by atoms with Crippen LogP contribution in [0.15, 0.2) is 24.4 Å². The number of nitrogens with zero attached hydrogens (tertiary/aromatic N) is 1. The van der Waals surface area contributed by atoms with Crippen LogP contribution in [0.4, 0.5) is 8.78 Å². The lowest BCUT2D eigenvalue weighted by Crippen LogP contribution is -2.42. The van der Waals surface area contributed by atoms with Crippen LogP contribution in [-0.2, 0) is 15.5 Å². The van der Waals surface area contributed by atoms with Gasteiger partial charge in [0, 0.05) is 19.9 Å². The third-order valence-electron chi connectivity index (χ3n) is 2.13. The molecule has 0 saturated heterocycles. The Labute approximate surface area is 103 Å². The summed E-state index contributed by atoms with van der Waals surface area (Å²) in [5.74, 6) is -5.23. The third kappa shape index (κ3) is 3.71. The molecule has 1 aromatic heterocycles. The number of aromatic nitrogens is 1. The number of carbonyl (C=O) groups excluding carboxylic acids is 1. The lowest BCUT2D eigenvalue weighted by molar-refractivity contribution is -0.148. The van der Waals surface area contributed by atoms with Crippen molar-refractivity contribution in [2.45, 2.75) is 12.0 Å². The number of rotatable bonds is 6. The van der Waals surface area contributed by atoms with Gasteiger partial charge in [-0.15, -0.1) is 0 Å². The zero-order valence-corrected chi connectivity index (χ0v) is 9.77. The number of ether oxygens (including phenoxy) is 1. The van der Waals surface area contributed by atoms with Crippen molar-refractivity contribution in [3.63, 3.8) is 0 Å². The van der Waals surface area contributed by atoms with Crippen LogP contribution < -0.4 is 5.32 Å². The maximum absolute atomic E-state index is 13.6. The minimum Gasteiger partial charge on any atom is -0.389 e.